The van der Waals surface area contributed by atoms with E-state index in [1.807, 2.05) is 0 Å². The van der Waals surface area contributed by atoms with E-state index in [9.17, 15) is 26.8 Å². The molecule has 3 N–H and O–H groups in total. The third-order valence-corrected chi connectivity index (χ3v) is 6.06. The first-order valence-electron chi connectivity index (χ1n) is 8.98. The Kier molecular flexibility index (Phi) is 6.28. The Morgan fingerprint density at radius 3 is 2.30 bits per heavy atom. The largest absolute Gasteiger partial charge is 0.478 e. The van der Waals surface area contributed by atoms with E-state index in [1.54, 1.807) is 0 Å². The van der Waals surface area contributed by atoms with Crippen LogP contribution in [0.5, 0.6) is 0 Å². The highest BCUT2D eigenvalue weighted by Crippen LogP contribution is 2.27. The first-order valence-corrected chi connectivity index (χ1v) is 10.5. The van der Waals surface area contributed by atoms with Crippen LogP contribution in [0.3, 0.4) is 0 Å². The highest BCUT2D eigenvalue weighted by molar-refractivity contribution is 7.89. The summed E-state index contributed by atoms with van der Waals surface area (Å²) in [4.78, 5) is 23.4. The van der Waals surface area contributed by atoms with E-state index < -0.39 is 33.5 Å². The van der Waals surface area contributed by atoms with Crippen molar-refractivity contribution in [3.05, 3.63) is 70.8 Å². The molecule has 0 atom stereocenters. The van der Waals surface area contributed by atoms with Gasteiger partial charge in [0.1, 0.15) is 11.6 Å². The third kappa shape index (κ3) is 4.89. The topological polar surface area (TPSA) is 113 Å². The predicted octanol–water partition coefficient (Wildman–Crippen LogP) is 2.95. The minimum absolute atomic E-state index is 0.0112. The van der Waals surface area contributed by atoms with Gasteiger partial charge in [0.15, 0.2) is 0 Å². The van der Waals surface area contributed by atoms with Crippen LogP contribution in [-0.2, 0) is 26.2 Å². The normalized spacial score (nSPS) is 14.1. The van der Waals surface area contributed by atoms with Gasteiger partial charge >= 0.3 is 5.97 Å². The van der Waals surface area contributed by atoms with Crippen LogP contribution in [0.15, 0.2) is 58.5 Å². The molecule has 158 valence electrons. The van der Waals surface area contributed by atoms with Crippen molar-refractivity contribution in [2.24, 2.45) is 0 Å². The lowest BCUT2D eigenvalue weighted by Crippen LogP contribution is -2.24. The van der Waals surface area contributed by atoms with Crippen LogP contribution in [-0.4, -0.2) is 25.4 Å². The zero-order chi connectivity index (χ0) is 21.9. The number of anilines is 1. The van der Waals surface area contributed by atoms with E-state index in [0.717, 1.165) is 12.1 Å². The molecule has 3 rings (SSSR count). The molecule has 0 bridgehead atoms. The first kappa shape index (κ1) is 21.6. The van der Waals surface area contributed by atoms with E-state index in [4.69, 9.17) is 5.11 Å². The molecule has 1 amide bonds. The monoisotopic (exact) mass is 436 g/mol. The zero-order valence-electron chi connectivity index (χ0n) is 15.6. The highest BCUT2D eigenvalue weighted by Gasteiger charge is 2.25. The molecule has 0 aliphatic heterocycles. The van der Waals surface area contributed by atoms with Gasteiger partial charge in [-0.25, -0.2) is 26.7 Å². The van der Waals surface area contributed by atoms with Crippen molar-refractivity contribution in [3.63, 3.8) is 0 Å². The van der Waals surface area contributed by atoms with E-state index >= 15 is 0 Å². The van der Waals surface area contributed by atoms with Crippen molar-refractivity contribution in [2.45, 2.75) is 30.7 Å². The molecule has 0 radical (unpaired) electrons. The SMILES string of the molecule is O=C(O)C1=C(C(=O)Nc2ccc(S(=O)(=O)NCc3ccc(F)cc3F)cc2)CCC1. The Bertz CT molecular complexity index is 1130. The van der Waals surface area contributed by atoms with Crippen molar-refractivity contribution in [1.29, 1.82) is 0 Å². The molecular formula is C20H18F2N2O5S. The number of benzene rings is 2. The maximum Gasteiger partial charge on any atom is 0.332 e. The fourth-order valence-electron chi connectivity index (χ4n) is 3.08. The quantitative estimate of drug-likeness (QED) is 0.618. The molecule has 1 aliphatic rings. The minimum atomic E-state index is -3.98. The molecule has 30 heavy (non-hydrogen) atoms. The lowest BCUT2D eigenvalue weighted by molar-refractivity contribution is -0.133. The average molecular weight is 436 g/mol. The number of rotatable bonds is 7. The van der Waals surface area contributed by atoms with Gasteiger partial charge < -0.3 is 10.4 Å². The van der Waals surface area contributed by atoms with Crippen molar-refractivity contribution in [1.82, 2.24) is 4.72 Å². The maximum absolute atomic E-state index is 13.7. The van der Waals surface area contributed by atoms with Crippen molar-refractivity contribution >= 4 is 27.6 Å². The van der Waals surface area contributed by atoms with Crippen LogP contribution in [0.4, 0.5) is 14.5 Å². The van der Waals surface area contributed by atoms with Crippen LogP contribution in [0.1, 0.15) is 24.8 Å². The Morgan fingerprint density at radius 1 is 1.00 bits per heavy atom. The predicted molar refractivity (Wildman–Crippen MR) is 104 cm³/mol. The van der Waals surface area contributed by atoms with Crippen molar-refractivity contribution in [2.75, 3.05) is 5.32 Å². The van der Waals surface area contributed by atoms with Crippen LogP contribution < -0.4 is 10.0 Å². The van der Waals surface area contributed by atoms with Gasteiger partial charge in [0, 0.05) is 35.0 Å². The molecule has 0 spiro atoms. The van der Waals surface area contributed by atoms with E-state index in [0.29, 0.717) is 31.0 Å². The van der Waals surface area contributed by atoms with E-state index in [2.05, 4.69) is 10.0 Å². The van der Waals surface area contributed by atoms with Gasteiger partial charge in [-0.3, -0.25) is 4.79 Å². The summed E-state index contributed by atoms with van der Waals surface area (Å²) in [7, 11) is -3.98. The van der Waals surface area contributed by atoms with Crippen molar-refractivity contribution < 1.29 is 31.9 Å². The molecular weight excluding hydrogens is 418 g/mol. The number of hydrogen-bond acceptors (Lipinski definition) is 4. The Hall–Kier alpha value is -3.11. The number of carbonyl (C=O) groups excluding carboxylic acids is 1. The van der Waals surface area contributed by atoms with Gasteiger partial charge in [0.05, 0.1) is 4.90 Å². The fourth-order valence-corrected chi connectivity index (χ4v) is 4.08. The third-order valence-electron chi connectivity index (χ3n) is 4.64. The Morgan fingerprint density at radius 2 is 1.67 bits per heavy atom. The number of hydrogen-bond donors (Lipinski definition) is 3. The molecule has 2 aromatic rings. The molecule has 0 heterocycles. The highest BCUT2D eigenvalue weighted by atomic mass is 32.2. The summed E-state index contributed by atoms with van der Waals surface area (Å²) in [5.74, 6) is -3.29. The molecule has 0 saturated heterocycles. The van der Waals surface area contributed by atoms with Crippen LogP contribution in [0.25, 0.3) is 0 Å². The molecule has 0 aromatic heterocycles. The van der Waals surface area contributed by atoms with Crippen LogP contribution in [0.2, 0.25) is 0 Å². The molecule has 7 nitrogen and oxygen atoms in total. The number of carbonyl (C=O) groups is 2. The van der Waals surface area contributed by atoms with Crippen molar-refractivity contribution in [3.8, 4) is 0 Å². The average Bonchev–Trinajstić information content (AvgIpc) is 3.18. The van der Waals surface area contributed by atoms with E-state index in [-0.39, 0.29) is 28.1 Å². The number of sulfonamides is 1. The second-order valence-corrected chi connectivity index (χ2v) is 8.42. The van der Waals surface area contributed by atoms with Gasteiger partial charge in [-0.15, -0.1) is 0 Å². The number of halogens is 2. The number of carboxylic acid groups (broad SMARTS) is 1. The Balaban J connectivity index is 1.67. The van der Waals surface area contributed by atoms with Gasteiger partial charge in [0.25, 0.3) is 5.91 Å². The number of nitrogens with one attached hydrogen (secondary N) is 2. The molecule has 0 fully saturated rings. The summed E-state index contributed by atoms with van der Waals surface area (Å²) in [6.45, 7) is -0.362. The van der Waals surface area contributed by atoms with Crippen LogP contribution >= 0.6 is 0 Å². The summed E-state index contributed by atoms with van der Waals surface area (Å²) in [5.41, 5.74) is 0.585. The number of amides is 1. The maximum atomic E-state index is 13.7. The fraction of sp³-hybridized carbons (Fsp3) is 0.200. The lowest BCUT2D eigenvalue weighted by Gasteiger charge is -2.10. The Labute approximate surface area is 171 Å². The smallest absolute Gasteiger partial charge is 0.332 e. The minimum Gasteiger partial charge on any atom is -0.478 e. The summed E-state index contributed by atoms with van der Waals surface area (Å²) in [5, 5.41) is 11.7. The molecule has 0 unspecified atom stereocenters. The summed E-state index contributed by atoms with van der Waals surface area (Å²) in [6, 6.07) is 8.06. The standard InChI is InChI=1S/C20H18F2N2O5S/c21-13-5-4-12(18(22)10-13)11-23-30(28,29)15-8-6-14(7-9-15)24-19(25)16-2-1-3-17(16)20(26)27/h4-10,23H,1-3,11H2,(H,24,25)(H,26,27). The van der Waals surface area contributed by atoms with Gasteiger partial charge in [-0.2, -0.15) is 0 Å². The lowest BCUT2D eigenvalue weighted by atomic mass is 10.1. The zero-order valence-corrected chi connectivity index (χ0v) is 16.4. The second kappa shape index (κ2) is 8.72. The van der Waals surface area contributed by atoms with Crippen LogP contribution in [0, 0.1) is 11.6 Å². The summed E-state index contributed by atoms with van der Waals surface area (Å²) >= 11 is 0. The first-order chi connectivity index (χ1) is 14.2. The summed E-state index contributed by atoms with van der Waals surface area (Å²) in [6.07, 6.45) is 1.28. The van der Waals surface area contributed by atoms with Gasteiger partial charge in [-0.1, -0.05) is 6.07 Å². The van der Waals surface area contributed by atoms with Gasteiger partial charge in [0.2, 0.25) is 10.0 Å². The number of carboxylic acids is 1. The van der Waals surface area contributed by atoms with Gasteiger partial charge in [-0.05, 0) is 49.6 Å². The molecule has 10 heteroatoms. The summed E-state index contributed by atoms with van der Waals surface area (Å²) < 4.78 is 53.6. The molecule has 1 aliphatic carbocycles. The number of aliphatic carboxylic acids is 1. The van der Waals surface area contributed by atoms with E-state index in [1.165, 1.54) is 24.3 Å². The second-order valence-electron chi connectivity index (χ2n) is 6.65. The molecule has 2 aromatic carbocycles. The molecule has 0 saturated carbocycles.